The summed E-state index contributed by atoms with van der Waals surface area (Å²) < 4.78 is 21.4. The van der Waals surface area contributed by atoms with E-state index in [0.717, 1.165) is 16.0 Å². The van der Waals surface area contributed by atoms with E-state index in [9.17, 15) is 29.1 Å². The van der Waals surface area contributed by atoms with Gasteiger partial charge >= 0.3 is 30.2 Å². The lowest BCUT2D eigenvalue weighted by molar-refractivity contribution is -0.143. The maximum Gasteiger partial charge on any atom is 0.425 e. The number of rotatable bonds is 13. The van der Waals surface area contributed by atoms with E-state index < -0.39 is 53.5 Å². The van der Waals surface area contributed by atoms with Crippen LogP contribution in [-0.2, 0) is 35.0 Å². The van der Waals surface area contributed by atoms with Crippen molar-refractivity contribution in [2.24, 2.45) is 5.73 Å². The molecular formula is C42H51N5O10. The first-order valence-corrected chi connectivity index (χ1v) is 18.4. The number of hydrogen-bond donors (Lipinski definition) is 4. The van der Waals surface area contributed by atoms with Crippen LogP contribution in [0.5, 0.6) is 0 Å². The molecule has 1 heterocycles. The van der Waals surface area contributed by atoms with Gasteiger partial charge < -0.3 is 35.1 Å². The van der Waals surface area contributed by atoms with Gasteiger partial charge in [-0.1, -0.05) is 30.3 Å². The number of aliphatic carboxylic acids is 1. The number of benzene rings is 3. The number of pyridine rings is 1. The molecule has 57 heavy (non-hydrogen) atoms. The molecule has 0 aliphatic heterocycles. The van der Waals surface area contributed by atoms with Crippen LogP contribution in [0.4, 0.5) is 31.6 Å². The molecule has 304 valence electrons. The van der Waals surface area contributed by atoms with Gasteiger partial charge in [0.2, 0.25) is 0 Å². The molecule has 0 saturated carbocycles. The predicted octanol–water partition coefficient (Wildman–Crippen LogP) is 8.20. The molecule has 0 fully saturated rings. The van der Waals surface area contributed by atoms with Crippen LogP contribution < -0.4 is 21.3 Å². The fourth-order valence-corrected chi connectivity index (χ4v) is 5.70. The maximum absolute atomic E-state index is 13.3. The summed E-state index contributed by atoms with van der Waals surface area (Å²) in [5.74, 6) is -1.54. The number of ether oxygens (including phenoxy) is 4. The van der Waals surface area contributed by atoms with Gasteiger partial charge in [-0.2, -0.15) is 4.90 Å². The molecule has 15 nitrogen and oxygen atoms in total. The first kappa shape index (κ1) is 43.5. The first-order chi connectivity index (χ1) is 26.7. The Hall–Kier alpha value is -6.22. The monoisotopic (exact) mass is 785 g/mol. The summed E-state index contributed by atoms with van der Waals surface area (Å²) in [4.78, 5) is 68.6. The van der Waals surface area contributed by atoms with Gasteiger partial charge in [0.25, 0.3) is 0 Å². The lowest BCUT2D eigenvalue weighted by atomic mass is 9.98. The normalized spacial score (nSPS) is 12.5. The second kappa shape index (κ2) is 18.6. The van der Waals surface area contributed by atoms with Crippen molar-refractivity contribution in [3.63, 3.8) is 0 Å². The molecule has 0 aliphatic carbocycles. The Labute approximate surface area is 331 Å². The van der Waals surface area contributed by atoms with Gasteiger partial charge in [-0.15, -0.1) is 0 Å². The topological polar surface area (TPSA) is 209 Å². The molecule has 0 radical (unpaired) electrons. The third-order valence-electron chi connectivity index (χ3n) is 8.22. The molecule has 4 aromatic rings. The van der Waals surface area contributed by atoms with Crippen molar-refractivity contribution >= 4 is 58.2 Å². The van der Waals surface area contributed by atoms with E-state index in [-0.39, 0.29) is 25.5 Å². The van der Waals surface area contributed by atoms with E-state index in [2.05, 4.69) is 15.6 Å². The number of hydrogen-bond acceptors (Lipinski definition) is 12. The minimum absolute atomic E-state index is 0.00167. The van der Waals surface area contributed by atoms with E-state index in [4.69, 9.17) is 24.7 Å². The van der Waals surface area contributed by atoms with Gasteiger partial charge in [-0.3, -0.25) is 10.1 Å². The van der Waals surface area contributed by atoms with Crippen molar-refractivity contribution < 1.29 is 48.0 Å². The Morgan fingerprint density at radius 3 is 2.14 bits per heavy atom. The van der Waals surface area contributed by atoms with Crippen LogP contribution >= 0.6 is 0 Å². The largest absolute Gasteiger partial charge is 0.479 e. The van der Waals surface area contributed by atoms with E-state index in [1.165, 1.54) is 6.20 Å². The fraction of sp³-hybridized carbons (Fsp3) is 0.381. The Bertz CT molecular complexity index is 2080. The Morgan fingerprint density at radius 1 is 0.842 bits per heavy atom. The number of carbonyl (C=O) groups is 5. The Kier molecular flexibility index (Phi) is 14.2. The van der Waals surface area contributed by atoms with Crippen LogP contribution in [0.2, 0.25) is 0 Å². The number of amides is 3. The summed E-state index contributed by atoms with van der Waals surface area (Å²) in [6.45, 7) is 13.9. The number of aryl methyl sites for hydroxylation is 1. The van der Waals surface area contributed by atoms with Crippen molar-refractivity contribution in [3.8, 4) is 0 Å². The van der Waals surface area contributed by atoms with Crippen molar-refractivity contribution in [1.29, 1.82) is 0 Å². The molecular weight excluding hydrogens is 734 g/mol. The van der Waals surface area contributed by atoms with Crippen LogP contribution in [0, 0.1) is 6.92 Å². The summed E-state index contributed by atoms with van der Waals surface area (Å²) in [6.07, 6.45) is -0.791. The van der Waals surface area contributed by atoms with Gasteiger partial charge in [0.05, 0.1) is 19.6 Å². The van der Waals surface area contributed by atoms with Gasteiger partial charge in [-0.25, -0.2) is 24.2 Å². The number of anilines is 3. The van der Waals surface area contributed by atoms with Crippen LogP contribution in [0.1, 0.15) is 89.2 Å². The maximum atomic E-state index is 13.3. The van der Waals surface area contributed by atoms with Crippen LogP contribution in [0.3, 0.4) is 0 Å². The molecule has 5 N–H and O–H groups in total. The fourth-order valence-electron chi connectivity index (χ4n) is 5.70. The highest BCUT2D eigenvalue weighted by Gasteiger charge is 2.34. The number of nitrogens with two attached hydrogens (primary N) is 1. The number of nitrogens with zero attached hydrogens (tertiary/aromatic N) is 2. The molecule has 0 bridgehead atoms. The number of aromatic nitrogens is 1. The number of carboxylic acids is 1. The standard InChI is InChI=1S/C42H51N5O10/c1-9-54-34(48)24-33(43)28-11-10-12-30(23-28)46-38(51)55-20-18-26-13-14-29(21-25(26)2)35(37(49)50)45-31-15-16-32-27(22-31)17-19-44-36(32)47(39(52)56-41(3,4)5)40(53)57-42(6,7)8/h10-17,19,21-23,33,35,45H,9,18,20,24,43H2,1-8H3,(H,46,51)(H,49,50). The number of fused-ring (bicyclic) bond motifs is 1. The molecule has 0 saturated heterocycles. The highest BCUT2D eigenvalue weighted by molar-refractivity contribution is 6.14. The number of carboxylic acid groups (broad SMARTS) is 1. The zero-order chi connectivity index (χ0) is 42.1. The first-order valence-electron chi connectivity index (χ1n) is 18.4. The van der Waals surface area contributed by atoms with E-state index in [1.54, 1.807) is 115 Å². The second-order valence-corrected chi connectivity index (χ2v) is 15.2. The van der Waals surface area contributed by atoms with E-state index in [1.807, 2.05) is 6.92 Å². The number of esters is 1. The molecule has 15 heteroatoms. The predicted molar refractivity (Wildman–Crippen MR) is 215 cm³/mol. The van der Waals surface area contributed by atoms with E-state index in [0.29, 0.717) is 39.7 Å². The minimum Gasteiger partial charge on any atom is -0.479 e. The summed E-state index contributed by atoms with van der Waals surface area (Å²) in [7, 11) is 0. The highest BCUT2D eigenvalue weighted by atomic mass is 16.6. The lowest BCUT2D eigenvalue weighted by Crippen LogP contribution is -2.44. The van der Waals surface area contributed by atoms with Gasteiger partial charge in [-0.05, 0) is 119 Å². The second-order valence-electron chi connectivity index (χ2n) is 15.2. The van der Waals surface area contributed by atoms with Crippen molar-refractivity contribution in [1.82, 2.24) is 4.98 Å². The molecule has 2 unspecified atom stereocenters. The minimum atomic E-state index is -1.14. The Balaban J connectivity index is 1.44. The SMILES string of the molecule is CCOC(=O)CC(N)c1cccc(NC(=O)OCCc2ccc(C(Nc3ccc4c(N(C(=O)OC(C)(C)C)C(=O)OC(C)(C)C)nccc4c3)C(=O)O)cc2C)c1. The van der Waals surface area contributed by atoms with Crippen LogP contribution in [0.25, 0.3) is 10.8 Å². The average molecular weight is 786 g/mol. The van der Waals surface area contributed by atoms with E-state index >= 15 is 0 Å². The summed E-state index contributed by atoms with van der Waals surface area (Å²) in [5, 5.41) is 17.0. The van der Waals surface area contributed by atoms with Crippen molar-refractivity contribution in [2.45, 2.75) is 91.5 Å². The van der Waals surface area contributed by atoms with Crippen molar-refractivity contribution in [2.75, 3.05) is 28.7 Å². The number of carbonyl (C=O) groups excluding carboxylic acids is 4. The smallest absolute Gasteiger partial charge is 0.425 e. The van der Waals surface area contributed by atoms with Crippen LogP contribution in [0.15, 0.2) is 72.9 Å². The molecule has 3 aromatic carbocycles. The quantitative estimate of drug-likeness (QED) is 0.0745. The summed E-state index contributed by atoms with van der Waals surface area (Å²) in [5.41, 5.74) is 8.02. The summed E-state index contributed by atoms with van der Waals surface area (Å²) in [6, 6.07) is 16.9. The zero-order valence-corrected chi connectivity index (χ0v) is 33.5. The third kappa shape index (κ3) is 12.7. The number of imide groups is 1. The molecule has 0 aliphatic rings. The van der Waals surface area contributed by atoms with Crippen molar-refractivity contribution in [3.05, 3.63) is 95.2 Å². The van der Waals surface area contributed by atoms with Gasteiger partial charge in [0.15, 0.2) is 11.9 Å². The van der Waals surface area contributed by atoms with Gasteiger partial charge in [0, 0.05) is 35.4 Å². The molecule has 3 amide bonds. The molecule has 2 atom stereocenters. The molecule has 4 rings (SSSR count). The zero-order valence-electron chi connectivity index (χ0n) is 33.5. The average Bonchev–Trinajstić information content (AvgIpc) is 3.10. The third-order valence-corrected chi connectivity index (χ3v) is 8.22. The van der Waals surface area contributed by atoms with Crippen LogP contribution in [-0.4, -0.2) is 64.7 Å². The molecule has 0 spiro atoms. The van der Waals surface area contributed by atoms with Gasteiger partial charge in [0.1, 0.15) is 11.2 Å². The lowest BCUT2D eigenvalue weighted by Gasteiger charge is -2.28. The molecule has 1 aromatic heterocycles. The highest BCUT2D eigenvalue weighted by Crippen LogP contribution is 2.31. The Morgan fingerprint density at radius 2 is 1.53 bits per heavy atom. The number of nitrogens with one attached hydrogen (secondary N) is 2. The summed E-state index contributed by atoms with van der Waals surface area (Å²) >= 11 is 0.